The molecule has 0 unspecified atom stereocenters. The monoisotopic (exact) mass is 339 g/mol. The highest BCUT2D eigenvalue weighted by atomic mass is 16.5. The number of hydrogen-bond donors (Lipinski definition) is 0. The van der Waals surface area contributed by atoms with Gasteiger partial charge in [-0.1, -0.05) is 0 Å². The molecule has 0 fully saturated rings. The van der Waals surface area contributed by atoms with Crippen molar-refractivity contribution in [3.63, 3.8) is 0 Å². The molecule has 5 nitrogen and oxygen atoms in total. The third-order valence-corrected chi connectivity index (χ3v) is 4.94. The smallest absolute Gasteiger partial charge is 0.254 e. The van der Waals surface area contributed by atoms with Gasteiger partial charge in [0.2, 0.25) is 0 Å². The van der Waals surface area contributed by atoms with Crippen LogP contribution in [0.2, 0.25) is 0 Å². The summed E-state index contributed by atoms with van der Waals surface area (Å²) in [6, 6.07) is 9.72. The van der Waals surface area contributed by atoms with Crippen LogP contribution in [0.4, 0.5) is 0 Å². The van der Waals surface area contributed by atoms with E-state index in [0.29, 0.717) is 25.4 Å². The van der Waals surface area contributed by atoms with Crippen molar-refractivity contribution in [2.45, 2.75) is 19.4 Å². The number of nitrogens with zero attached hydrogens (tertiary/aromatic N) is 1. The Morgan fingerprint density at radius 2 is 1.76 bits per heavy atom. The zero-order valence-corrected chi connectivity index (χ0v) is 14.5. The van der Waals surface area contributed by atoms with Gasteiger partial charge in [-0.2, -0.15) is 0 Å². The Morgan fingerprint density at radius 3 is 2.52 bits per heavy atom. The number of methoxy groups -OCH3 is 2. The zero-order chi connectivity index (χ0) is 17.4. The summed E-state index contributed by atoms with van der Waals surface area (Å²) in [5.74, 6) is 2.40. The van der Waals surface area contributed by atoms with Crippen LogP contribution in [0, 0.1) is 0 Å². The van der Waals surface area contributed by atoms with Crippen LogP contribution in [-0.2, 0) is 19.4 Å². The lowest BCUT2D eigenvalue weighted by molar-refractivity contribution is 0.0734. The lowest BCUT2D eigenvalue weighted by atomic mass is 9.98. The summed E-state index contributed by atoms with van der Waals surface area (Å²) in [7, 11) is 3.27. The molecule has 0 spiro atoms. The average Bonchev–Trinajstić information content (AvgIpc) is 3.13. The minimum atomic E-state index is 0.0649. The molecule has 1 amide bonds. The number of rotatable bonds is 3. The van der Waals surface area contributed by atoms with E-state index in [4.69, 9.17) is 14.2 Å². The molecule has 0 saturated heterocycles. The second-order valence-corrected chi connectivity index (χ2v) is 6.37. The summed E-state index contributed by atoms with van der Waals surface area (Å²) >= 11 is 0. The summed E-state index contributed by atoms with van der Waals surface area (Å²) in [5.41, 5.74) is 4.17. The van der Waals surface area contributed by atoms with E-state index in [0.717, 1.165) is 41.0 Å². The molecule has 0 atom stereocenters. The Kier molecular flexibility index (Phi) is 3.99. The molecular weight excluding hydrogens is 318 g/mol. The van der Waals surface area contributed by atoms with Crippen LogP contribution in [0.15, 0.2) is 30.3 Å². The zero-order valence-electron chi connectivity index (χ0n) is 14.5. The average molecular weight is 339 g/mol. The maximum absolute atomic E-state index is 12.9. The fourth-order valence-corrected chi connectivity index (χ4v) is 3.56. The molecule has 130 valence electrons. The molecule has 2 aliphatic rings. The first kappa shape index (κ1) is 15.8. The Morgan fingerprint density at radius 1 is 1.00 bits per heavy atom. The van der Waals surface area contributed by atoms with Crippen LogP contribution in [0.5, 0.6) is 17.2 Å². The second kappa shape index (κ2) is 6.31. The number of carbonyl (C=O) groups is 1. The fourth-order valence-electron chi connectivity index (χ4n) is 3.56. The van der Waals surface area contributed by atoms with Gasteiger partial charge < -0.3 is 19.1 Å². The second-order valence-electron chi connectivity index (χ2n) is 6.37. The van der Waals surface area contributed by atoms with Crippen molar-refractivity contribution >= 4 is 5.91 Å². The minimum Gasteiger partial charge on any atom is -0.493 e. The van der Waals surface area contributed by atoms with Gasteiger partial charge in [-0.25, -0.2) is 0 Å². The van der Waals surface area contributed by atoms with Crippen LogP contribution in [0.1, 0.15) is 27.0 Å². The van der Waals surface area contributed by atoms with E-state index >= 15 is 0 Å². The summed E-state index contributed by atoms with van der Waals surface area (Å²) < 4.78 is 16.3. The van der Waals surface area contributed by atoms with Crippen LogP contribution in [-0.4, -0.2) is 38.2 Å². The standard InChI is InChI=1S/C20H21NO4/c1-23-18-10-13-5-7-21(12-16(13)11-19(18)24-2)20(22)15-3-4-17-14(9-15)6-8-25-17/h3-4,9-11H,5-8,12H2,1-2H3. The van der Waals surface area contributed by atoms with Crippen LogP contribution >= 0.6 is 0 Å². The number of amides is 1. The van der Waals surface area contributed by atoms with Crippen LogP contribution in [0.25, 0.3) is 0 Å². The molecule has 25 heavy (non-hydrogen) atoms. The molecule has 5 heteroatoms. The summed E-state index contributed by atoms with van der Waals surface area (Å²) in [5, 5.41) is 0. The largest absolute Gasteiger partial charge is 0.493 e. The molecule has 0 bridgehead atoms. The number of fused-ring (bicyclic) bond motifs is 2. The lowest BCUT2D eigenvalue weighted by Gasteiger charge is -2.29. The van der Waals surface area contributed by atoms with Crippen molar-refractivity contribution in [3.05, 3.63) is 52.6 Å². The maximum atomic E-state index is 12.9. The molecule has 2 heterocycles. The molecule has 0 aromatic heterocycles. The van der Waals surface area contributed by atoms with Gasteiger partial charge in [0.05, 0.1) is 20.8 Å². The Bertz CT molecular complexity index is 831. The van der Waals surface area contributed by atoms with Crippen molar-refractivity contribution in [2.75, 3.05) is 27.4 Å². The van der Waals surface area contributed by atoms with Gasteiger partial charge in [0.25, 0.3) is 5.91 Å². The highest BCUT2D eigenvalue weighted by Gasteiger charge is 2.25. The van der Waals surface area contributed by atoms with Crippen molar-refractivity contribution < 1.29 is 19.0 Å². The van der Waals surface area contributed by atoms with Gasteiger partial charge in [0, 0.05) is 25.1 Å². The lowest BCUT2D eigenvalue weighted by Crippen LogP contribution is -2.36. The molecule has 0 N–H and O–H groups in total. The van der Waals surface area contributed by atoms with Gasteiger partial charge in [-0.3, -0.25) is 4.79 Å². The first-order valence-corrected chi connectivity index (χ1v) is 8.48. The Hall–Kier alpha value is -2.69. The van der Waals surface area contributed by atoms with Crippen molar-refractivity contribution in [1.82, 2.24) is 4.90 Å². The van der Waals surface area contributed by atoms with Crippen molar-refractivity contribution in [3.8, 4) is 17.2 Å². The molecule has 2 aliphatic heterocycles. The van der Waals surface area contributed by atoms with Crippen LogP contribution in [0.3, 0.4) is 0 Å². The predicted octanol–water partition coefficient (Wildman–Crippen LogP) is 2.84. The number of benzene rings is 2. The number of hydrogen-bond acceptors (Lipinski definition) is 4. The summed E-state index contributed by atoms with van der Waals surface area (Å²) in [6.45, 7) is 1.99. The van der Waals surface area contributed by atoms with Gasteiger partial charge in [-0.05, 0) is 53.4 Å². The van der Waals surface area contributed by atoms with E-state index in [2.05, 4.69) is 0 Å². The fraction of sp³-hybridized carbons (Fsp3) is 0.350. The van der Waals surface area contributed by atoms with E-state index in [1.54, 1.807) is 14.2 Å². The van der Waals surface area contributed by atoms with E-state index in [-0.39, 0.29) is 5.91 Å². The minimum absolute atomic E-state index is 0.0649. The summed E-state index contributed by atoms with van der Waals surface area (Å²) in [6.07, 6.45) is 1.69. The van der Waals surface area contributed by atoms with Gasteiger partial charge in [-0.15, -0.1) is 0 Å². The highest BCUT2D eigenvalue weighted by Crippen LogP contribution is 2.34. The third kappa shape index (κ3) is 2.80. The van der Waals surface area contributed by atoms with E-state index < -0.39 is 0 Å². The first-order chi connectivity index (χ1) is 12.2. The third-order valence-electron chi connectivity index (χ3n) is 4.94. The Labute approximate surface area is 147 Å². The van der Waals surface area contributed by atoms with Crippen LogP contribution < -0.4 is 14.2 Å². The predicted molar refractivity (Wildman–Crippen MR) is 93.6 cm³/mol. The summed E-state index contributed by atoms with van der Waals surface area (Å²) in [4.78, 5) is 14.8. The highest BCUT2D eigenvalue weighted by molar-refractivity contribution is 5.94. The molecule has 0 aliphatic carbocycles. The van der Waals surface area contributed by atoms with Crippen molar-refractivity contribution in [1.29, 1.82) is 0 Å². The maximum Gasteiger partial charge on any atom is 0.254 e. The molecule has 0 radical (unpaired) electrons. The van der Waals surface area contributed by atoms with Gasteiger partial charge >= 0.3 is 0 Å². The number of carbonyl (C=O) groups excluding carboxylic acids is 1. The van der Waals surface area contributed by atoms with E-state index in [1.807, 2.05) is 35.2 Å². The molecule has 4 rings (SSSR count). The topological polar surface area (TPSA) is 48.0 Å². The van der Waals surface area contributed by atoms with Gasteiger partial charge in [0.15, 0.2) is 11.5 Å². The molecule has 0 saturated carbocycles. The van der Waals surface area contributed by atoms with Gasteiger partial charge in [0.1, 0.15) is 5.75 Å². The van der Waals surface area contributed by atoms with E-state index in [9.17, 15) is 4.79 Å². The van der Waals surface area contributed by atoms with Crippen molar-refractivity contribution in [2.24, 2.45) is 0 Å². The van der Waals surface area contributed by atoms with E-state index in [1.165, 1.54) is 5.56 Å². The number of ether oxygens (including phenoxy) is 3. The molecular formula is C20H21NO4. The SMILES string of the molecule is COc1cc2c(cc1OC)CN(C(=O)c1ccc3c(c1)CCO3)CC2. The quantitative estimate of drug-likeness (QED) is 0.863. The first-order valence-electron chi connectivity index (χ1n) is 8.48. The molecule has 2 aromatic rings. The molecule has 2 aromatic carbocycles. The normalized spacial score (nSPS) is 15.2. The Balaban J connectivity index is 1.58.